The first-order valence-electron chi connectivity index (χ1n) is 5.77. The third-order valence-corrected chi connectivity index (χ3v) is 3.91. The van der Waals surface area contributed by atoms with Crippen LogP contribution in [-0.2, 0) is 0 Å². The summed E-state index contributed by atoms with van der Waals surface area (Å²) in [5.74, 6) is 0.975. The largest absolute Gasteiger partial charge is 0.352 e. The van der Waals surface area contributed by atoms with Gasteiger partial charge >= 0.3 is 0 Å². The van der Waals surface area contributed by atoms with Crippen molar-refractivity contribution in [3.05, 3.63) is 21.8 Å². The molecule has 0 radical (unpaired) electrons. The quantitative estimate of drug-likeness (QED) is 0.650. The van der Waals surface area contributed by atoms with Gasteiger partial charge in [0.2, 0.25) is 0 Å². The van der Waals surface area contributed by atoms with Gasteiger partial charge in [0, 0.05) is 24.1 Å². The van der Waals surface area contributed by atoms with Crippen LogP contribution in [0.3, 0.4) is 0 Å². The average molecular weight is 385 g/mol. The molecule has 0 aromatic carbocycles. The zero-order chi connectivity index (χ0) is 12.8. The van der Waals surface area contributed by atoms with Gasteiger partial charge in [0.1, 0.15) is 5.82 Å². The number of pyridine rings is 1. The fourth-order valence-corrected chi connectivity index (χ4v) is 3.15. The molecule has 0 spiro atoms. The maximum absolute atomic E-state index is 5.93. The van der Waals surface area contributed by atoms with E-state index < -0.39 is 0 Å². The van der Waals surface area contributed by atoms with Gasteiger partial charge in [-0.05, 0) is 34.8 Å². The van der Waals surface area contributed by atoms with E-state index in [-0.39, 0.29) is 0 Å². The van der Waals surface area contributed by atoms with Gasteiger partial charge in [0.25, 0.3) is 0 Å². The Hall–Kier alpha value is 0.200. The summed E-state index contributed by atoms with van der Waals surface area (Å²) in [4.78, 5) is 6.77. The van der Waals surface area contributed by atoms with E-state index in [2.05, 4.69) is 55.6 Å². The van der Waals surface area contributed by atoms with Crippen LogP contribution in [0.2, 0.25) is 5.02 Å². The predicted molar refractivity (Wildman–Crippen MR) is 82.5 cm³/mol. The number of rotatable bonds is 6. The minimum absolute atomic E-state index is 0.512. The smallest absolute Gasteiger partial charge is 0.143 e. The number of nitrogens with zero attached hydrogens (tertiary/aromatic N) is 2. The third-order valence-electron chi connectivity index (χ3n) is 2.77. The standard InChI is InChI=1S/C12H17Br2ClN2/c1-3-10(4-2)17(6-5-13)12-11(14)7-9(15)8-16-12/h7-8,10H,3-6H2,1-2H3. The lowest BCUT2D eigenvalue weighted by molar-refractivity contribution is 0.563. The average Bonchev–Trinajstić information content (AvgIpc) is 2.30. The van der Waals surface area contributed by atoms with E-state index in [0.29, 0.717) is 11.1 Å². The number of hydrogen-bond donors (Lipinski definition) is 0. The van der Waals surface area contributed by atoms with Gasteiger partial charge in [-0.2, -0.15) is 0 Å². The van der Waals surface area contributed by atoms with Crippen molar-refractivity contribution in [3.8, 4) is 0 Å². The Bertz CT molecular complexity index is 356. The summed E-state index contributed by atoms with van der Waals surface area (Å²) < 4.78 is 0.956. The van der Waals surface area contributed by atoms with Crippen LogP contribution in [-0.4, -0.2) is 22.9 Å². The molecular formula is C12H17Br2ClN2. The van der Waals surface area contributed by atoms with Crippen LogP contribution < -0.4 is 4.90 Å². The first-order chi connectivity index (χ1) is 8.13. The molecule has 0 aliphatic heterocycles. The predicted octanol–water partition coefficient (Wildman–Crippen LogP) is 4.89. The Labute approximate surface area is 125 Å². The van der Waals surface area contributed by atoms with E-state index in [9.17, 15) is 0 Å². The lowest BCUT2D eigenvalue weighted by Crippen LogP contribution is -2.36. The van der Waals surface area contributed by atoms with Crippen molar-refractivity contribution in [1.29, 1.82) is 0 Å². The first-order valence-corrected chi connectivity index (χ1v) is 8.06. The molecule has 1 aromatic rings. The molecule has 17 heavy (non-hydrogen) atoms. The van der Waals surface area contributed by atoms with Crippen molar-refractivity contribution in [2.45, 2.75) is 32.7 Å². The normalized spacial score (nSPS) is 10.9. The number of aromatic nitrogens is 1. The Morgan fingerprint density at radius 3 is 2.53 bits per heavy atom. The highest BCUT2D eigenvalue weighted by Crippen LogP contribution is 2.29. The lowest BCUT2D eigenvalue weighted by Gasteiger charge is -2.31. The summed E-state index contributed by atoms with van der Waals surface area (Å²) in [7, 11) is 0. The van der Waals surface area contributed by atoms with Crippen molar-refractivity contribution in [2.24, 2.45) is 0 Å². The van der Waals surface area contributed by atoms with Gasteiger partial charge in [-0.15, -0.1) is 0 Å². The zero-order valence-corrected chi connectivity index (χ0v) is 14.0. The molecule has 1 rings (SSSR count). The van der Waals surface area contributed by atoms with Crippen molar-refractivity contribution in [1.82, 2.24) is 4.98 Å². The summed E-state index contributed by atoms with van der Waals surface area (Å²) >= 11 is 13.0. The molecule has 0 saturated heterocycles. The van der Waals surface area contributed by atoms with Gasteiger partial charge in [-0.1, -0.05) is 41.4 Å². The SMILES string of the molecule is CCC(CC)N(CCBr)c1ncc(Cl)cc1Br. The highest BCUT2D eigenvalue weighted by molar-refractivity contribution is 9.10. The van der Waals surface area contributed by atoms with Crippen LogP contribution in [0.1, 0.15) is 26.7 Å². The highest BCUT2D eigenvalue weighted by Gasteiger charge is 2.18. The molecule has 0 fully saturated rings. The Kier molecular flexibility index (Phi) is 6.82. The van der Waals surface area contributed by atoms with Crippen LogP contribution in [0.4, 0.5) is 5.82 Å². The molecule has 0 amide bonds. The van der Waals surface area contributed by atoms with E-state index in [0.717, 1.165) is 35.0 Å². The first kappa shape index (κ1) is 15.3. The summed E-state index contributed by atoms with van der Waals surface area (Å²) in [6.45, 7) is 5.36. The Morgan fingerprint density at radius 2 is 2.06 bits per heavy atom. The summed E-state index contributed by atoms with van der Waals surface area (Å²) in [6, 6.07) is 2.41. The van der Waals surface area contributed by atoms with Gasteiger partial charge in [0.05, 0.1) is 9.50 Å². The molecule has 1 aromatic heterocycles. The summed E-state index contributed by atoms with van der Waals surface area (Å²) in [6.07, 6.45) is 3.92. The molecule has 0 atom stereocenters. The van der Waals surface area contributed by atoms with Crippen LogP contribution in [0, 0.1) is 0 Å². The molecule has 96 valence electrons. The van der Waals surface area contributed by atoms with Gasteiger partial charge in [-0.25, -0.2) is 4.98 Å². The van der Waals surface area contributed by atoms with Gasteiger partial charge in [0.15, 0.2) is 0 Å². The molecule has 1 heterocycles. The lowest BCUT2D eigenvalue weighted by atomic mass is 10.1. The van der Waals surface area contributed by atoms with E-state index >= 15 is 0 Å². The Morgan fingerprint density at radius 1 is 1.41 bits per heavy atom. The maximum Gasteiger partial charge on any atom is 0.143 e. The van der Waals surface area contributed by atoms with Crippen molar-refractivity contribution < 1.29 is 0 Å². The molecule has 0 N–H and O–H groups in total. The van der Waals surface area contributed by atoms with Crippen molar-refractivity contribution >= 4 is 49.3 Å². The van der Waals surface area contributed by atoms with Crippen LogP contribution >= 0.6 is 43.5 Å². The topological polar surface area (TPSA) is 16.1 Å². The zero-order valence-electron chi connectivity index (χ0n) is 10.1. The minimum Gasteiger partial charge on any atom is -0.352 e. The van der Waals surface area contributed by atoms with E-state index in [4.69, 9.17) is 11.6 Å². The fourth-order valence-electron chi connectivity index (χ4n) is 1.90. The minimum atomic E-state index is 0.512. The third kappa shape index (κ3) is 4.11. The monoisotopic (exact) mass is 382 g/mol. The second kappa shape index (κ2) is 7.59. The summed E-state index contributed by atoms with van der Waals surface area (Å²) in [5, 5.41) is 1.59. The van der Waals surface area contributed by atoms with E-state index in [1.54, 1.807) is 6.20 Å². The molecule has 2 nitrogen and oxygen atoms in total. The van der Waals surface area contributed by atoms with Gasteiger partial charge < -0.3 is 4.90 Å². The van der Waals surface area contributed by atoms with Crippen LogP contribution in [0.15, 0.2) is 16.7 Å². The number of anilines is 1. The molecular weight excluding hydrogens is 367 g/mol. The number of alkyl halides is 1. The molecule has 5 heteroatoms. The molecule has 0 saturated carbocycles. The highest BCUT2D eigenvalue weighted by atomic mass is 79.9. The number of halogens is 3. The van der Waals surface area contributed by atoms with Crippen LogP contribution in [0.5, 0.6) is 0 Å². The molecule has 0 aliphatic rings. The maximum atomic E-state index is 5.93. The Balaban J connectivity index is 3.03. The second-order valence-corrected chi connectivity index (χ2v) is 5.90. The number of hydrogen-bond acceptors (Lipinski definition) is 2. The molecule has 0 aliphatic carbocycles. The van der Waals surface area contributed by atoms with Crippen molar-refractivity contribution in [2.75, 3.05) is 16.8 Å². The van der Waals surface area contributed by atoms with Crippen molar-refractivity contribution in [3.63, 3.8) is 0 Å². The molecule has 0 bridgehead atoms. The molecule has 0 unspecified atom stereocenters. The van der Waals surface area contributed by atoms with Gasteiger partial charge in [-0.3, -0.25) is 0 Å². The summed E-state index contributed by atoms with van der Waals surface area (Å²) in [5.41, 5.74) is 0. The van der Waals surface area contributed by atoms with E-state index in [1.807, 2.05) is 6.07 Å². The fraction of sp³-hybridized carbons (Fsp3) is 0.583. The second-order valence-electron chi connectivity index (χ2n) is 3.81. The van der Waals surface area contributed by atoms with Crippen LogP contribution in [0.25, 0.3) is 0 Å². The van der Waals surface area contributed by atoms with E-state index in [1.165, 1.54) is 0 Å².